The van der Waals surface area contributed by atoms with Crippen LogP contribution in [-0.2, 0) is 13.0 Å². The molecular weight excluding hydrogens is 312 g/mol. The van der Waals surface area contributed by atoms with Gasteiger partial charge in [0.25, 0.3) is 0 Å². The molecule has 0 N–H and O–H groups in total. The molecule has 2 rings (SSSR count). The Hall–Kier alpha value is -0.990. The van der Waals surface area contributed by atoms with Crippen molar-refractivity contribution in [1.82, 2.24) is 0 Å². The highest BCUT2D eigenvalue weighted by molar-refractivity contribution is 9.10. The summed E-state index contributed by atoms with van der Waals surface area (Å²) in [5, 5.41) is 0.800. The summed E-state index contributed by atoms with van der Waals surface area (Å²) in [6.07, 6.45) is 0.911. The molecule has 0 heterocycles. The monoisotopic (exact) mass is 324 g/mol. The van der Waals surface area contributed by atoms with Gasteiger partial charge in [0.05, 0.1) is 0 Å². The highest BCUT2D eigenvalue weighted by Crippen LogP contribution is 2.23. The summed E-state index contributed by atoms with van der Waals surface area (Å²) in [4.78, 5) is 0. The topological polar surface area (TPSA) is 9.23 Å². The average molecular weight is 326 g/mol. The first-order valence-corrected chi connectivity index (χ1v) is 7.02. The van der Waals surface area contributed by atoms with E-state index in [0.29, 0.717) is 6.61 Å². The molecule has 2 aromatic carbocycles. The maximum atomic E-state index is 6.07. The number of hydrogen-bond acceptors (Lipinski definition) is 1. The van der Waals surface area contributed by atoms with Crippen LogP contribution in [0.2, 0.25) is 5.02 Å². The van der Waals surface area contributed by atoms with Gasteiger partial charge in [-0.3, -0.25) is 0 Å². The predicted molar refractivity (Wildman–Crippen MR) is 79.3 cm³/mol. The third kappa shape index (κ3) is 3.50. The maximum Gasteiger partial charge on any atom is 0.120 e. The number of hydrogen-bond donors (Lipinski definition) is 0. The van der Waals surface area contributed by atoms with E-state index in [-0.39, 0.29) is 0 Å². The lowest BCUT2D eigenvalue weighted by Gasteiger charge is -2.09. The van der Waals surface area contributed by atoms with Crippen LogP contribution in [0, 0.1) is 0 Å². The zero-order valence-electron chi connectivity index (χ0n) is 10.1. The fraction of sp³-hybridized carbons (Fsp3) is 0.200. The van der Waals surface area contributed by atoms with Crippen molar-refractivity contribution in [2.75, 3.05) is 0 Å². The van der Waals surface area contributed by atoms with Crippen LogP contribution in [-0.4, -0.2) is 0 Å². The van der Waals surface area contributed by atoms with Crippen LogP contribution in [0.4, 0.5) is 0 Å². The summed E-state index contributed by atoms with van der Waals surface area (Å²) in [7, 11) is 0. The molecule has 0 aliphatic carbocycles. The fourth-order valence-corrected chi connectivity index (χ4v) is 2.17. The number of ether oxygens (including phenoxy) is 1. The Balaban J connectivity index is 2.04. The molecule has 0 fully saturated rings. The van der Waals surface area contributed by atoms with Crippen molar-refractivity contribution in [1.29, 1.82) is 0 Å². The molecule has 0 atom stereocenters. The average Bonchev–Trinajstić information content (AvgIpc) is 2.39. The van der Waals surface area contributed by atoms with Crippen LogP contribution in [0.25, 0.3) is 0 Å². The summed E-state index contributed by atoms with van der Waals surface area (Å²) in [6.45, 7) is 2.65. The molecule has 0 bridgehead atoms. The number of rotatable bonds is 4. The Kier molecular flexibility index (Phi) is 4.67. The van der Waals surface area contributed by atoms with Crippen LogP contribution < -0.4 is 4.74 Å². The molecule has 0 aliphatic heterocycles. The minimum atomic E-state index is 0.568. The summed E-state index contributed by atoms with van der Waals surface area (Å²) >= 11 is 9.48. The molecule has 0 saturated carbocycles. The van der Waals surface area contributed by atoms with Crippen molar-refractivity contribution in [3.8, 4) is 5.75 Å². The standard InChI is InChI=1S/C15H14BrClO/c1-2-12-9-14(7-8-15(12)17)18-10-11-3-5-13(16)6-4-11/h3-9H,2,10H2,1H3. The summed E-state index contributed by atoms with van der Waals surface area (Å²) in [6, 6.07) is 13.9. The summed E-state index contributed by atoms with van der Waals surface area (Å²) < 4.78 is 6.83. The van der Waals surface area contributed by atoms with Crippen molar-refractivity contribution in [3.05, 3.63) is 63.1 Å². The second-order valence-corrected chi connectivity index (χ2v) is 5.34. The van der Waals surface area contributed by atoms with E-state index >= 15 is 0 Å². The first kappa shape index (κ1) is 13.4. The quantitative estimate of drug-likeness (QED) is 0.746. The van der Waals surface area contributed by atoms with E-state index in [1.54, 1.807) is 0 Å². The molecule has 2 aromatic rings. The highest BCUT2D eigenvalue weighted by atomic mass is 79.9. The van der Waals surface area contributed by atoms with E-state index in [9.17, 15) is 0 Å². The Labute approximate surface area is 121 Å². The van der Waals surface area contributed by atoms with Crippen molar-refractivity contribution in [3.63, 3.8) is 0 Å². The highest BCUT2D eigenvalue weighted by Gasteiger charge is 2.01. The molecule has 94 valence electrons. The molecule has 3 heteroatoms. The Bertz CT molecular complexity index is 523. The smallest absolute Gasteiger partial charge is 0.120 e. The Morgan fingerprint density at radius 2 is 1.83 bits per heavy atom. The molecule has 18 heavy (non-hydrogen) atoms. The third-order valence-corrected chi connectivity index (χ3v) is 3.61. The lowest BCUT2D eigenvalue weighted by Crippen LogP contribution is -1.96. The zero-order chi connectivity index (χ0) is 13.0. The second-order valence-electron chi connectivity index (χ2n) is 4.02. The molecule has 0 amide bonds. The molecule has 0 saturated heterocycles. The van der Waals surface area contributed by atoms with Crippen molar-refractivity contribution in [2.45, 2.75) is 20.0 Å². The molecule has 0 aromatic heterocycles. The minimum absolute atomic E-state index is 0.568. The van der Waals surface area contributed by atoms with Gasteiger partial charge in [-0.25, -0.2) is 0 Å². The van der Waals surface area contributed by atoms with Crippen LogP contribution in [0.1, 0.15) is 18.1 Å². The van der Waals surface area contributed by atoms with E-state index in [1.165, 1.54) is 0 Å². The normalized spacial score (nSPS) is 10.4. The van der Waals surface area contributed by atoms with Crippen molar-refractivity contribution in [2.24, 2.45) is 0 Å². The third-order valence-electron chi connectivity index (χ3n) is 2.72. The molecule has 0 unspecified atom stereocenters. The van der Waals surface area contributed by atoms with E-state index in [4.69, 9.17) is 16.3 Å². The van der Waals surface area contributed by atoms with Gasteiger partial charge in [0.1, 0.15) is 12.4 Å². The first-order chi connectivity index (χ1) is 8.69. The summed E-state index contributed by atoms with van der Waals surface area (Å²) in [5.74, 6) is 0.860. The Morgan fingerprint density at radius 3 is 2.50 bits per heavy atom. The van der Waals surface area contributed by atoms with Gasteiger partial charge in [-0.05, 0) is 47.9 Å². The lowest BCUT2D eigenvalue weighted by atomic mass is 10.1. The molecule has 0 radical (unpaired) electrons. The Morgan fingerprint density at radius 1 is 1.11 bits per heavy atom. The van der Waals surface area contributed by atoms with E-state index in [2.05, 4.69) is 22.9 Å². The molecule has 1 nitrogen and oxygen atoms in total. The van der Waals surface area contributed by atoms with Gasteiger partial charge in [0.2, 0.25) is 0 Å². The van der Waals surface area contributed by atoms with Gasteiger partial charge >= 0.3 is 0 Å². The van der Waals surface area contributed by atoms with Crippen molar-refractivity contribution < 1.29 is 4.74 Å². The van der Waals surface area contributed by atoms with Gasteiger partial charge in [-0.15, -0.1) is 0 Å². The zero-order valence-corrected chi connectivity index (χ0v) is 12.5. The number of benzene rings is 2. The van der Waals surface area contributed by atoms with Crippen LogP contribution in [0.3, 0.4) is 0 Å². The first-order valence-electron chi connectivity index (χ1n) is 5.84. The molecular formula is C15H14BrClO. The molecule has 0 spiro atoms. The van der Waals surface area contributed by atoms with Gasteiger partial charge in [0.15, 0.2) is 0 Å². The fourth-order valence-electron chi connectivity index (χ4n) is 1.66. The van der Waals surface area contributed by atoms with E-state index in [1.807, 2.05) is 42.5 Å². The summed E-state index contributed by atoms with van der Waals surface area (Å²) in [5.41, 5.74) is 2.26. The van der Waals surface area contributed by atoms with E-state index < -0.39 is 0 Å². The maximum absolute atomic E-state index is 6.07. The minimum Gasteiger partial charge on any atom is -0.489 e. The van der Waals surface area contributed by atoms with Crippen LogP contribution in [0.15, 0.2) is 46.9 Å². The van der Waals surface area contributed by atoms with Crippen LogP contribution in [0.5, 0.6) is 5.75 Å². The predicted octanol–water partition coefficient (Wildman–Crippen LogP) is 5.24. The number of halogens is 2. The van der Waals surface area contributed by atoms with Gasteiger partial charge in [-0.2, -0.15) is 0 Å². The van der Waals surface area contributed by atoms with Crippen molar-refractivity contribution >= 4 is 27.5 Å². The van der Waals surface area contributed by atoms with Gasteiger partial charge < -0.3 is 4.74 Å². The van der Waals surface area contributed by atoms with Gasteiger partial charge in [0, 0.05) is 9.50 Å². The molecule has 0 aliphatic rings. The van der Waals surface area contributed by atoms with E-state index in [0.717, 1.165) is 32.8 Å². The second kappa shape index (κ2) is 6.26. The van der Waals surface area contributed by atoms with Crippen LogP contribution >= 0.6 is 27.5 Å². The SMILES string of the molecule is CCc1cc(OCc2ccc(Br)cc2)ccc1Cl. The van der Waals surface area contributed by atoms with Gasteiger partial charge in [-0.1, -0.05) is 46.6 Å². The lowest BCUT2D eigenvalue weighted by molar-refractivity contribution is 0.306. The number of aryl methyl sites for hydroxylation is 1. The largest absolute Gasteiger partial charge is 0.489 e.